The molecule has 0 aromatic carbocycles. The van der Waals surface area contributed by atoms with Gasteiger partial charge in [-0.25, -0.2) is 22.6 Å². The van der Waals surface area contributed by atoms with Gasteiger partial charge in [0.05, 0.1) is 12.0 Å². The molecule has 7 nitrogen and oxygen atoms in total. The van der Waals surface area contributed by atoms with Crippen LogP contribution in [0.4, 0.5) is 17.6 Å². The van der Waals surface area contributed by atoms with E-state index >= 15 is 4.39 Å². The van der Waals surface area contributed by atoms with Crippen molar-refractivity contribution in [3.63, 3.8) is 0 Å². The average Bonchev–Trinajstić information content (AvgIpc) is 2.70. The van der Waals surface area contributed by atoms with E-state index in [0.717, 1.165) is 13.0 Å². The summed E-state index contributed by atoms with van der Waals surface area (Å²) in [5.74, 6) is -5.12. The maximum absolute atomic E-state index is 15.1. The van der Waals surface area contributed by atoms with Crippen LogP contribution in [0.1, 0.15) is 46.9 Å². The van der Waals surface area contributed by atoms with Gasteiger partial charge in [0.15, 0.2) is 18.1 Å². The van der Waals surface area contributed by atoms with Crippen LogP contribution in [0.3, 0.4) is 0 Å². The molecule has 1 aliphatic rings. The number of nitrogens with two attached hydrogens (primary N) is 1. The number of carbonyl (C=O) groups excluding carboxylic acids is 1. The molecule has 0 fully saturated rings. The highest BCUT2D eigenvalue weighted by molar-refractivity contribution is 5.96. The fraction of sp³-hybridized carbons (Fsp3) is 0.381. The van der Waals surface area contributed by atoms with Crippen molar-refractivity contribution < 1.29 is 27.1 Å². The van der Waals surface area contributed by atoms with E-state index in [9.17, 15) is 18.0 Å². The first-order chi connectivity index (χ1) is 14.9. The number of ketones is 1. The molecule has 32 heavy (non-hydrogen) atoms. The number of ether oxygens (including phenoxy) is 1. The van der Waals surface area contributed by atoms with Gasteiger partial charge in [-0.3, -0.25) is 14.8 Å². The van der Waals surface area contributed by atoms with Crippen LogP contribution in [0, 0.1) is 24.1 Å². The van der Waals surface area contributed by atoms with Crippen LogP contribution in [-0.4, -0.2) is 40.0 Å². The maximum atomic E-state index is 15.1. The van der Waals surface area contributed by atoms with Crippen LogP contribution in [0.2, 0.25) is 0 Å². The number of hydrogen-bond donors (Lipinski definition) is 1. The predicted molar refractivity (Wildman–Crippen MR) is 105 cm³/mol. The van der Waals surface area contributed by atoms with Crippen LogP contribution in [-0.2, 0) is 16.7 Å². The van der Waals surface area contributed by atoms with Crippen molar-refractivity contribution >= 4 is 11.8 Å². The van der Waals surface area contributed by atoms with Gasteiger partial charge in [-0.1, -0.05) is 0 Å². The Kier molecular flexibility index (Phi) is 5.91. The second kappa shape index (κ2) is 8.18. The Balaban J connectivity index is 1.98. The zero-order chi connectivity index (χ0) is 23.8. The van der Waals surface area contributed by atoms with E-state index in [-0.39, 0.29) is 23.4 Å². The second-order valence-electron chi connectivity index (χ2n) is 7.73. The minimum atomic E-state index is -3.63. The summed E-state index contributed by atoms with van der Waals surface area (Å²) in [6.07, 6.45) is -3.88. The van der Waals surface area contributed by atoms with Crippen molar-refractivity contribution in [2.24, 2.45) is 10.7 Å². The van der Waals surface area contributed by atoms with Crippen molar-refractivity contribution in [2.45, 2.75) is 50.9 Å². The lowest BCUT2D eigenvalue weighted by Crippen LogP contribution is -2.56. The molecule has 0 bridgehead atoms. The van der Waals surface area contributed by atoms with E-state index in [2.05, 4.69) is 19.7 Å². The quantitative estimate of drug-likeness (QED) is 0.554. The zero-order valence-corrected chi connectivity index (χ0v) is 17.4. The van der Waals surface area contributed by atoms with E-state index < -0.39 is 47.1 Å². The molecule has 3 atom stereocenters. The Hall–Kier alpha value is -3.55. The third-order valence-electron chi connectivity index (χ3n) is 5.09. The van der Waals surface area contributed by atoms with Gasteiger partial charge in [0.25, 0.3) is 11.9 Å². The van der Waals surface area contributed by atoms with Crippen molar-refractivity contribution in [1.82, 2.24) is 9.97 Å². The standard InChI is InChI=1S/C21H19F4N5O2/c1-10-6-11(8-26)9-28-15(10)14(31)7-12-4-5-13(22)17(29-12)20(2)16(23)18(21(3,24)25)32-19(27)30-20/h4-6,9,16,18H,7H2,1-3H3,(H2,27,30)/t16-,18-,20-/m0/s1. The molecule has 0 saturated carbocycles. The number of nitrogens with zero attached hydrogens (tertiary/aromatic N) is 4. The first-order valence-electron chi connectivity index (χ1n) is 9.46. The minimum absolute atomic E-state index is 0.0467. The molecule has 0 radical (unpaired) electrons. The van der Waals surface area contributed by atoms with Gasteiger partial charge in [-0.2, -0.15) is 5.26 Å². The number of nitriles is 1. The Morgan fingerprint density at radius 3 is 2.69 bits per heavy atom. The largest absolute Gasteiger partial charge is 0.452 e. The molecular formula is C21H19F4N5O2. The molecule has 2 N–H and O–H groups in total. The molecule has 0 saturated heterocycles. The molecule has 2 aromatic heterocycles. The van der Waals surface area contributed by atoms with Crippen LogP contribution < -0.4 is 5.73 Å². The van der Waals surface area contributed by atoms with Crippen LogP contribution >= 0.6 is 0 Å². The molecule has 0 spiro atoms. The predicted octanol–water partition coefficient (Wildman–Crippen LogP) is 3.14. The number of carbonyl (C=O) groups is 1. The summed E-state index contributed by atoms with van der Waals surface area (Å²) in [6, 6.07) is 4.83. The molecule has 3 rings (SSSR count). The topological polar surface area (TPSA) is 114 Å². The van der Waals surface area contributed by atoms with E-state index in [0.29, 0.717) is 12.5 Å². The summed E-state index contributed by atoms with van der Waals surface area (Å²) in [4.78, 5) is 24.4. The number of aromatic nitrogens is 2. The zero-order valence-electron chi connectivity index (χ0n) is 17.4. The molecule has 2 aromatic rings. The molecule has 1 aliphatic heterocycles. The number of halogens is 4. The molecule has 0 amide bonds. The van der Waals surface area contributed by atoms with E-state index in [1.54, 1.807) is 6.92 Å². The molecule has 0 unspecified atom stereocenters. The summed E-state index contributed by atoms with van der Waals surface area (Å²) < 4.78 is 62.2. The monoisotopic (exact) mass is 449 g/mol. The number of alkyl halides is 3. The highest BCUT2D eigenvalue weighted by Crippen LogP contribution is 2.41. The lowest BCUT2D eigenvalue weighted by atomic mass is 9.85. The summed E-state index contributed by atoms with van der Waals surface area (Å²) in [6.45, 7) is 3.13. The first-order valence-corrected chi connectivity index (χ1v) is 9.46. The smallest absolute Gasteiger partial charge is 0.284 e. The maximum Gasteiger partial charge on any atom is 0.284 e. The van der Waals surface area contributed by atoms with Gasteiger partial charge in [0.2, 0.25) is 0 Å². The van der Waals surface area contributed by atoms with Crippen molar-refractivity contribution in [3.05, 3.63) is 58.4 Å². The molecule has 168 valence electrons. The summed E-state index contributed by atoms with van der Waals surface area (Å²) in [5.41, 5.74) is 3.55. The van der Waals surface area contributed by atoms with E-state index in [1.807, 2.05) is 6.07 Å². The number of hydrogen-bond acceptors (Lipinski definition) is 7. The fourth-order valence-corrected chi connectivity index (χ4v) is 3.46. The number of aliphatic imine (C=N–C) groups is 1. The number of pyridine rings is 2. The molecular weight excluding hydrogens is 430 g/mol. The number of rotatable bonds is 5. The number of aryl methyl sites for hydroxylation is 1. The van der Waals surface area contributed by atoms with E-state index in [1.165, 1.54) is 18.3 Å². The number of Topliss-reactive ketones (excluding diaryl/α,β-unsaturated/α-hetero) is 1. The summed E-state index contributed by atoms with van der Waals surface area (Å²) in [7, 11) is 0. The molecule has 0 aliphatic carbocycles. The van der Waals surface area contributed by atoms with Gasteiger partial charge in [-0.05, 0) is 37.6 Å². The van der Waals surface area contributed by atoms with Crippen LogP contribution in [0.25, 0.3) is 0 Å². The minimum Gasteiger partial charge on any atom is -0.452 e. The van der Waals surface area contributed by atoms with Crippen molar-refractivity contribution in [1.29, 1.82) is 5.26 Å². The fourth-order valence-electron chi connectivity index (χ4n) is 3.46. The normalized spacial score (nSPS) is 23.1. The van der Waals surface area contributed by atoms with Crippen LogP contribution in [0.15, 0.2) is 29.4 Å². The van der Waals surface area contributed by atoms with Gasteiger partial charge in [0.1, 0.15) is 28.8 Å². The third kappa shape index (κ3) is 4.26. The highest BCUT2D eigenvalue weighted by Gasteiger charge is 2.56. The van der Waals surface area contributed by atoms with Crippen molar-refractivity contribution in [2.75, 3.05) is 0 Å². The average molecular weight is 449 g/mol. The lowest BCUT2D eigenvalue weighted by Gasteiger charge is -2.39. The first kappa shape index (κ1) is 23.1. The highest BCUT2D eigenvalue weighted by atomic mass is 19.3. The Bertz CT molecular complexity index is 1140. The SMILES string of the molecule is Cc1cc(C#N)cnc1C(=O)Cc1ccc(F)c([C@@]2(C)N=C(N)O[C@H](C(C)(F)F)[C@@H]2F)n1. The lowest BCUT2D eigenvalue weighted by molar-refractivity contribution is -0.138. The van der Waals surface area contributed by atoms with E-state index in [4.69, 9.17) is 11.0 Å². The van der Waals surface area contributed by atoms with Gasteiger partial charge in [-0.15, -0.1) is 0 Å². The molecule has 11 heteroatoms. The summed E-state index contributed by atoms with van der Waals surface area (Å²) in [5, 5.41) is 8.91. The third-order valence-corrected chi connectivity index (χ3v) is 5.09. The Labute approximate surface area is 181 Å². The van der Waals surface area contributed by atoms with Crippen molar-refractivity contribution in [3.8, 4) is 6.07 Å². The Morgan fingerprint density at radius 1 is 1.41 bits per heavy atom. The van der Waals surface area contributed by atoms with Crippen LogP contribution in [0.5, 0.6) is 0 Å². The number of amidine groups is 1. The second-order valence-corrected chi connectivity index (χ2v) is 7.73. The van der Waals surface area contributed by atoms with Gasteiger partial charge in [0, 0.05) is 18.8 Å². The van der Waals surface area contributed by atoms with Gasteiger partial charge >= 0.3 is 0 Å². The summed E-state index contributed by atoms with van der Waals surface area (Å²) >= 11 is 0. The Morgan fingerprint density at radius 2 is 2.09 bits per heavy atom. The van der Waals surface area contributed by atoms with Gasteiger partial charge < -0.3 is 10.5 Å². The molecule has 3 heterocycles.